The zero-order chi connectivity index (χ0) is 11.5. The van der Waals surface area contributed by atoms with Crippen LogP contribution in [0.25, 0.3) is 0 Å². The largest absolute Gasteiger partial charge is 0.449 e. The maximum Gasteiger partial charge on any atom is 0.404 e. The first-order valence-corrected chi connectivity index (χ1v) is 5.06. The SMILES string of the molecule is C=CC[C@]1(COC(N)=O)COC(C)(C)C1. The first-order chi connectivity index (χ1) is 6.89. The third-order valence-electron chi connectivity index (χ3n) is 2.67. The van der Waals surface area contributed by atoms with Gasteiger partial charge in [-0.1, -0.05) is 6.08 Å². The molecule has 0 aliphatic carbocycles. The predicted molar refractivity (Wildman–Crippen MR) is 57.4 cm³/mol. The zero-order valence-corrected chi connectivity index (χ0v) is 9.41. The lowest BCUT2D eigenvalue weighted by molar-refractivity contribution is 0.0250. The van der Waals surface area contributed by atoms with Crippen molar-refractivity contribution in [3.63, 3.8) is 0 Å². The third kappa shape index (κ3) is 3.23. The van der Waals surface area contributed by atoms with Gasteiger partial charge in [0.2, 0.25) is 0 Å². The molecule has 2 N–H and O–H groups in total. The molecule has 86 valence electrons. The molecule has 1 amide bonds. The molecule has 0 spiro atoms. The Hall–Kier alpha value is -1.03. The molecule has 1 saturated heterocycles. The first kappa shape index (κ1) is 12.0. The van der Waals surface area contributed by atoms with Crippen molar-refractivity contribution in [2.24, 2.45) is 11.1 Å². The third-order valence-corrected chi connectivity index (χ3v) is 2.67. The van der Waals surface area contributed by atoms with Crippen molar-refractivity contribution < 1.29 is 14.3 Å². The minimum Gasteiger partial charge on any atom is -0.449 e. The van der Waals surface area contributed by atoms with E-state index in [1.807, 2.05) is 19.9 Å². The van der Waals surface area contributed by atoms with Gasteiger partial charge in [-0.05, 0) is 26.7 Å². The highest BCUT2D eigenvalue weighted by Gasteiger charge is 2.44. The molecule has 0 aromatic rings. The lowest BCUT2D eigenvalue weighted by Gasteiger charge is -2.26. The minimum absolute atomic E-state index is 0.152. The van der Waals surface area contributed by atoms with Gasteiger partial charge in [0.05, 0.1) is 12.2 Å². The number of carbonyl (C=O) groups excluding carboxylic acids is 1. The van der Waals surface area contributed by atoms with Gasteiger partial charge in [0.1, 0.15) is 6.61 Å². The van der Waals surface area contributed by atoms with Crippen LogP contribution in [0.5, 0.6) is 0 Å². The molecular weight excluding hydrogens is 194 g/mol. The number of hydrogen-bond donors (Lipinski definition) is 1. The van der Waals surface area contributed by atoms with Gasteiger partial charge >= 0.3 is 6.09 Å². The van der Waals surface area contributed by atoms with E-state index in [1.165, 1.54) is 0 Å². The highest BCUT2D eigenvalue weighted by molar-refractivity contribution is 5.64. The minimum atomic E-state index is -0.733. The molecule has 0 aromatic carbocycles. The van der Waals surface area contributed by atoms with Gasteiger partial charge in [-0.2, -0.15) is 0 Å². The summed E-state index contributed by atoms with van der Waals surface area (Å²) in [6.07, 6.45) is 2.71. The number of primary amides is 1. The van der Waals surface area contributed by atoms with Crippen molar-refractivity contribution in [2.75, 3.05) is 13.2 Å². The second kappa shape index (κ2) is 4.23. The summed E-state index contributed by atoms with van der Waals surface area (Å²) >= 11 is 0. The van der Waals surface area contributed by atoms with Crippen LogP contribution < -0.4 is 5.73 Å². The Morgan fingerprint density at radius 3 is 2.73 bits per heavy atom. The summed E-state index contributed by atoms with van der Waals surface area (Å²) in [7, 11) is 0. The Bertz CT molecular complexity index is 263. The molecule has 0 aromatic heterocycles. The van der Waals surface area contributed by atoms with Crippen LogP contribution in [-0.2, 0) is 9.47 Å². The van der Waals surface area contributed by atoms with Gasteiger partial charge in [0.15, 0.2) is 0 Å². The van der Waals surface area contributed by atoms with E-state index in [0.29, 0.717) is 13.2 Å². The summed E-state index contributed by atoms with van der Waals surface area (Å²) < 4.78 is 10.5. The van der Waals surface area contributed by atoms with E-state index in [-0.39, 0.29) is 11.0 Å². The number of allylic oxidation sites excluding steroid dienone is 1. The maximum atomic E-state index is 10.6. The number of carbonyl (C=O) groups is 1. The molecule has 1 atom stereocenters. The summed E-state index contributed by atoms with van der Waals surface area (Å²) in [5, 5.41) is 0. The molecule has 15 heavy (non-hydrogen) atoms. The molecule has 1 fully saturated rings. The number of nitrogens with two attached hydrogens (primary N) is 1. The molecule has 0 radical (unpaired) electrons. The normalized spacial score (nSPS) is 28.7. The highest BCUT2D eigenvalue weighted by atomic mass is 16.6. The fourth-order valence-corrected chi connectivity index (χ4v) is 2.17. The Kier molecular flexibility index (Phi) is 3.39. The van der Waals surface area contributed by atoms with Crippen molar-refractivity contribution >= 4 is 6.09 Å². The molecule has 1 heterocycles. The molecule has 0 unspecified atom stereocenters. The van der Waals surface area contributed by atoms with E-state index in [2.05, 4.69) is 6.58 Å². The Morgan fingerprint density at radius 1 is 1.67 bits per heavy atom. The zero-order valence-electron chi connectivity index (χ0n) is 9.41. The summed E-state index contributed by atoms with van der Waals surface area (Å²) in [5.74, 6) is 0. The van der Waals surface area contributed by atoms with Crippen molar-refractivity contribution in [2.45, 2.75) is 32.3 Å². The summed E-state index contributed by atoms with van der Waals surface area (Å²) in [5.41, 5.74) is 4.65. The summed E-state index contributed by atoms with van der Waals surface area (Å²) in [6, 6.07) is 0. The number of hydrogen-bond acceptors (Lipinski definition) is 3. The van der Waals surface area contributed by atoms with Gasteiger partial charge < -0.3 is 15.2 Å². The molecule has 0 saturated carbocycles. The lowest BCUT2D eigenvalue weighted by Crippen LogP contribution is -2.31. The van der Waals surface area contributed by atoms with Crippen LogP contribution in [0.2, 0.25) is 0 Å². The number of ether oxygens (including phenoxy) is 2. The van der Waals surface area contributed by atoms with E-state index in [0.717, 1.165) is 12.8 Å². The first-order valence-electron chi connectivity index (χ1n) is 5.06. The second-order valence-corrected chi connectivity index (χ2v) is 4.83. The molecule has 0 bridgehead atoms. The van der Waals surface area contributed by atoms with Crippen LogP contribution in [0.3, 0.4) is 0 Å². The van der Waals surface area contributed by atoms with Crippen molar-refractivity contribution in [3.05, 3.63) is 12.7 Å². The molecule has 1 aliphatic rings. The van der Waals surface area contributed by atoms with Gasteiger partial charge in [-0.3, -0.25) is 0 Å². The van der Waals surface area contributed by atoms with E-state index >= 15 is 0 Å². The van der Waals surface area contributed by atoms with Crippen LogP contribution in [0.1, 0.15) is 26.7 Å². The number of rotatable bonds is 4. The lowest BCUT2D eigenvalue weighted by atomic mass is 9.80. The van der Waals surface area contributed by atoms with Crippen LogP contribution >= 0.6 is 0 Å². The van der Waals surface area contributed by atoms with Gasteiger partial charge in [-0.25, -0.2) is 4.79 Å². The van der Waals surface area contributed by atoms with Crippen molar-refractivity contribution in [1.29, 1.82) is 0 Å². The Balaban J connectivity index is 2.64. The Morgan fingerprint density at radius 2 is 2.33 bits per heavy atom. The average Bonchev–Trinajstić information content (AvgIpc) is 2.40. The average molecular weight is 213 g/mol. The quantitative estimate of drug-likeness (QED) is 0.725. The molecule has 1 rings (SSSR count). The van der Waals surface area contributed by atoms with E-state index in [1.54, 1.807) is 0 Å². The fraction of sp³-hybridized carbons (Fsp3) is 0.727. The van der Waals surface area contributed by atoms with Crippen molar-refractivity contribution in [3.8, 4) is 0 Å². The molecular formula is C11H19NO3. The van der Waals surface area contributed by atoms with Crippen LogP contribution in [0, 0.1) is 5.41 Å². The standard InChI is InChI=1S/C11H19NO3/c1-4-5-11(7-14-9(12)13)6-10(2,3)15-8-11/h4H,1,5-8H2,2-3H3,(H2,12,13)/t11-/m0/s1. The van der Waals surface area contributed by atoms with Crippen LogP contribution in [0.15, 0.2) is 12.7 Å². The summed E-state index contributed by atoms with van der Waals surface area (Å²) in [6.45, 7) is 8.66. The fourth-order valence-electron chi connectivity index (χ4n) is 2.17. The summed E-state index contributed by atoms with van der Waals surface area (Å²) in [4.78, 5) is 10.6. The Labute approximate surface area is 90.4 Å². The van der Waals surface area contributed by atoms with Gasteiger partial charge in [0.25, 0.3) is 0 Å². The van der Waals surface area contributed by atoms with E-state index < -0.39 is 6.09 Å². The second-order valence-electron chi connectivity index (χ2n) is 4.83. The smallest absolute Gasteiger partial charge is 0.404 e. The van der Waals surface area contributed by atoms with Crippen molar-refractivity contribution in [1.82, 2.24) is 0 Å². The predicted octanol–water partition coefficient (Wildman–Crippen LogP) is 1.84. The number of amides is 1. The van der Waals surface area contributed by atoms with Crippen LogP contribution in [0.4, 0.5) is 4.79 Å². The topological polar surface area (TPSA) is 61.5 Å². The van der Waals surface area contributed by atoms with E-state index in [9.17, 15) is 4.79 Å². The maximum absolute atomic E-state index is 10.6. The van der Waals surface area contributed by atoms with E-state index in [4.69, 9.17) is 15.2 Å². The molecule has 4 nitrogen and oxygen atoms in total. The molecule has 4 heteroatoms. The highest BCUT2D eigenvalue weighted by Crippen LogP contribution is 2.42. The van der Waals surface area contributed by atoms with Gasteiger partial charge in [0, 0.05) is 5.41 Å². The van der Waals surface area contributed by atoms with Gasteiger partial charge in [-0.15, -0.1) is 6.58 Å². The van der Waals surface area contributed by atoms with Crippen LogP contribution in [-0.4, -0.2) is 24.9 Å². The monoisotopic (exact) mass is 213 g/mol. The molecule has 1 aliphatic heterocycles.